The number of aliphatic imine (C=N–C) groups is 1. The number of nitrogens with zero attached hydrogens (tertiary/aromatic N) is 3. The molecule has 5 rings (SSSR count). The summed E-state index contributed by atoms with van der Waals surface area (Å²) in [5, 5.41) is 6.19. The first-order valence-electron chi connectivity index (χ1n) is 10.5. The fourth-order valence-corrected chi connectivity index (χ4v) is 3.98. The van der Waals surface area contributed by atoms with E-state index in [1.807, 2.05) is 41.0 Å². The molecule has 1 aliphatic rings. The summed E-state index contributed by atoms with van der Waals surface area (Å²) in [7, 11) is 1.54. The first-order chi connectivity index (χ1) is 16.5. The number of para-hydroxylation sites is 3. The summed E-state index contributed by atoms with van der Waals surface area (Å²) in [6.07, 6.45) is -0.449. The Morgan fingerprint density at radius 3 is 2.76 bits per heavy atom. The highest BCUT2D eigenvalue weighted by Gasteiger charge is 2.26. The van der Waals surface area contributed by atoms with Gasteiger partial charge in [-0.05, 0) is 36.4 Å². The molecule has 9 nitrogen and oxygen atoms in total. The van der Waals surface area contributed by atoms with E-state index in [0.29, 0.717) is 28.2 Å². The van der Waals surface area contributed by atoms with Crippen LogP contribution in [0.1, 0.15) is 11.7 Å². The highest BCUT2D eigenvalue weighted by molar-refractivity contribution is 6.33. The number of hydrogen-bond donors (Lipinski definition) is 3. The van der Waals surface area contributed by atoms with E-state index in [1.165, 1.54) is 7.11 Å². The second kappa shape index (κ2) is 8.95. The van der Waals surface area contributed by atoms with Crippen molar-refractivity contribution in [3.05, 3.63) is 77.3 Å². The number of aromatic nitrogens is 2. The van der Waals surface area contributed by atoms with Crippen molar-refractivity contribution in [3.63, 3.8) is 0 Å². The van der Waals surface area contributed by atoms with Crippen molar-refractivity contribution in [2.24, 2.45) is 10.7 Å². The molecule has 1 amide bonds. The number of benzene rings is 3. The van der Waals surface area contributed by atoms with Crippen LogP contribution in [0.4, 0.5) is 11.6 Å². The fourth-order valence-electron chi connectivity index (χ4n) is 3.80. The maximum atomic E-state index is 12.3. The number of amides is 1. The molecule has 1 atom stereocenters. The molecule has 0 saturated carbocycles. The molecule has 0 bridgehead atoms. The van der Waals surface area contributed by atoms with Crippen molar-refractivity contribution in [3.8, 4) is 11.5 Å². The normalized spacial score (nSPS) is 14.6. The number of ether oxygens (including phenoxy) is 2. The maximum absolute atomic E-state index is 12.3. The molecule has 4 aromatic rings. The number of rotatable bonds is 6. The first kappa shape index (κ1) is 21.6. The van der Waals surface area contributed by atoms with E-state index in [0.717, 1.165) is 16.6 Å². The zero-order valence-corrected chi connectivity index (χ0v) is 18.9. The Hall–Kier alpha value is -4.24. The predicted octanol–water partition coefficient (Wildman–Crippen LogP) is 4.00. The lowest BCUT2D eigenvalue weighted by Crippen LogP contribution is -2.31. The van der Waals surface area contributed by atoms with E-state index >= 15 is 0 Å². The van der Waals surface area contributed by atoms with Crippen molar-refractivity contribution < 1.29 is 14.3 Å². The highest BCUT2D eigenvalue weighted by Crippen LogP contribution is 2.36. The molecule has 0 spiro atoms. The van der Waals surface area contributed by atoms with Gasteiger partial charge in [-0.15, -0.1) is 0 Å². The highest BCUT2D eigenvalue weighted by atomic mass is 35.5. The molecule has 172 valence electrons. The van der Waals surface area contributed by atoms with Crippen molar-refractivity contribution >= 4 is 46.1 Å². The molecule has 0 aliphatic carbocycles. The summed E-state index contributed by atoms with van der Waals surface area (Å²) in [5.74, 6) is 1.41. The zero-order chi connectivity index (χ0) is 23.7. The molecule has 1 aromatic heterocycles. The topological polar surface area (TPSA) is 116 Å². The number of carbonyl (C=O) groups is 1. The third-order valence-corrected chi connectivity index (χ3v) is 5.66. The summed E-state index contributed by atoms with van der Waals surface area (Å²) < 4.78 is 13.2. The number of methoxy groups -OCH3 is 1. The number of nitrogens with one attached hydrogen (secondary N) is 2. The SMILES string of the molecule is COc1cc([C@@H]2N=C(N)Nc3nc4ccccc4n32)ccc1OCC(=O)Nc1ccccc1Cl. The standard InChI is InChI=1S/C24H21ClN6O3/c1-33-20-12-14(10-11-19(20)34-13-21(32)27-16-7-3-2-6-15(16)25)22-29-23(26)30-24-28-17-8-4-5-9-18(17)31(22)24/h2-12,22H,13H2,1H3,(H,27,32)(H3,26,28,29,30)/t22-/m1/s1. The van der Waals surface area contributed by atoms with Crippen molar-refractivity contribution in [1.82, 2.24) is 9.55 Å². The van der Waals surface area contributed by atoms with Crippen LogP contribution in [0.2, 0.25) is 5.02 Å². The van der Waals surface area contributed by atoms with Crippen LogP contribution in [0.25, 0.3) is 11.0 Å². The van der Waals surface area contributed by atoms with Gasteiger partial charge in [-0.1, -0.05) is 41.9 Å². The predicted molar refractivity (Wildman–Crippen MR) is 132 cm³/mol. The van der Waals surface area contributed by atoms with Crippen LogP contribution >= 0.6 is 11.6 Å². The lowest BCUT2D eigenvalue weighted by Gasteiger charge is -2.24. The molecule has 0 radical (unpaired) electrons. The molecule has 0 unspecified atom stereocenters. The molecule has 1 aliphatic heterocycles. The minimum Gasteiger partial charge on any atom is -0.493 e. The van der Waals surface area contributed by atoms with E-state index in [2.05, 4.69) is 20.6 Å². The number of fused-ring (bicyclic) bond motifs is 3. The number of hydrogen-bond acceptors (Lipinski definition) is 7. The van der Waals surface area contributed by atoms with Crippen LogP contribution in [-0.2, 0) is 4.79 Å². The van der Waals surface area contributed by atoms with Gasteiger partial charge in [-0.2, -0.15) is 0 Å². The van der Waals surface area contributed by atoms with Gasteiger partial charge in [-0.3, -0.25) is 14.7 Å². The van der Waals surface area contributed by atoms with Crippen molar-refractivity contribution in [1.29, 1.82) is 0 Å². The van der Waals surface area contributed by atoms with Gasteiger partial charge in [0.15, 0.2) is 30.2 Å². The molecule has 34 heavy (non-hydrogen) atoms. The van der Waals surface area contributed by atoms with E-state index in [9.17, 15) is 4.79 Å². The second-order valence-corrected chi connectivity index (χ2v) is 7.94. The summed E-state index contributed by atoms with van der Waals surface area (Å²) in [4.78, 5) is 21.5. The maximum Gasteiger partial charge on any atom is 0.262 e. The summed E-state index contributed by atoms with van der Waals surface area (Å²) in [5.41, 5.74) is 9.11. The Morgan fingerprint density at radius 2 is 1.94 bits per heavy atom. The number of imidazole rings is 1. The van der Waals surface area contributed by atoms with Crippen LogP contribution in [0, 0.1) is 0 Å². The number of guanidine groups is 1. The van der Waals surface area contributed by atoms with Gasteiger partial charge in [0.1, 0.15) is 0 Å². The third kappa shape index (κ3) is 4.08. The minimum absolute atomic E-state index is 0.213. The van der Waals surface area contributed by atoms with Crippen LogP contribution < -0.4 is 25.8 Å². The van der Waals surface area contributed by atoms with Crippen LogP contribution in [0.5, 0.6) is 11.5 Å². The van der Waals surface area contributed by atoms with E-state index in [-0.39, 0.29) is 18.5 Å². The monoisotopic (exact) mass is 476 g/mol. The number of halogens is 1. The van der Waals surface area contributed by atoms with E-state index in [4.69, 9.17) is 26.8 Å². The molecule has 2 heterocycles. The smallest absolute Gasteiger partial charge is 0.262 e. The van der Waals surface area contributed by atoms with Gasteiger partial charge in [-0.25, -0.2) is 9.98 Å². The van der Waals surface area contributed by atoms with Crippen molar-refractivity contribution in [2.45, 2.75) is 6.17 Å². The second-order valence-electron chi connectivity index (χ2n) is 7.53. The lowest BCUT2D eigenvalue weighted by atomic mass is 10.1. The first-order valence-corrected chi connectivity index (χ1v) is 10.8. The average Bonchev–Trinajstić information content (AvgIpc) is 3.21. The van der Waals surface area contributed by atoms with E-state index < -0.39 is 6.17 Å². The number of nitrogens with two attached hydrogens (primary N) is 1. The van der Waals surface area contributed by atoms with Gasteiger partial charge in [0.2, 0.25) is 5.95 Å². The largest absolute Gasteiger partial charge is 0.493 e. The molecular formula is C24H21ClN6O3. The molecular weight excluding hydrogens is 456 g/mol. The lowest BCUT2D eigenvalue weighted by molar-refractivity contribution is -0.118. The molecule has 0 fully saturated rings. The Morgan fingerprint density at radius 1 is 1.15 bits per heavy atom. The van der Waals surface area contributed by atoms with Gasteiger partial charge < -0.3 is 20.5 Å². The Kier molecular flexibility index (Phi) is 5.69. The third-order valence-electron chi connectivity index (χ3n) is 5.33. The van der Waals surface area contributed by atoms with E-state index in [1.54, 1.807) is 30.3 Å². The Bertz CT molecular complexity index is 1420. The van der Waals surface area contributed by atoms with Gasteiger partial charge in [0, 0.05) is 5.56 Å². The zero-order valence-electron chi connectivity index (χ0n) is 18.2. The quantitative estimate of drug-likeness (QED) is 0.387. The average molecular weight is 477 g/mol. The molecule has 0 saturated heterocycles. The van der Waals surface area contributed by atoms with Crippen LogP contribution in [0.15, 0.2) is 71.7 Å². The molecule has 4 N–H and O–H groups in total. The number of anilines is 2. The van der Waals surface area contributed by atoms with Crippen LogP contribution in [0.3, 0.4) is 0 Å². The number of carbonyl (C=O) groups excluding carboxylic acids is 1. The summed E-state index contributed by atoms with van der Waals surface area (Å²) >= 11 is 6.09. The van der Waals surface area contributed by atoms with Gasteiger partial charge in [0.05, 0.1) is 28.9 Å². The Labute approximate surface area is 200 Å². The molecule has 10 heteroatoms. The van der Waals surface area contributed by atoms with Crippen molar-refractivity contribution in [2.75, 3.05) is 24.4 Å². The van der Waals surface area contributed by atoms with Gasteiger partial charge in [0.25, 0.3) is 5.91 Å². The summed E-state index contributed by atoms with van der Waals surface area (Å²) in [6.45, 7) is -0.213. The minimum atomic E-state index is -0.449. The van der Waals surface area contributed by atoms with Gasteiger partial charge >= 0.3 is 0 Å². The molecule has 3 aromatic carbocycles. The Balaban J connectivity index is 1.39. The summed E-state index contributed by atoms with van der Waals surface area (Å²) in [6, 6.07) is 20.2. The van der Waals surface area contributed by atoms with Crippen LogP contribution in [-0.4, -0.2) is 35.1 Å². The fraction of sp³-hybridized carbons (Fsp3) is 0.125.